The fourth-order valence-corrected chi connectivity index (χ4v) is 2.98. The molecule has 1 aromatic carbocycles. The number of hydrogen-bond acceptors (Lipinski definition) is 4. The van der Waals surface area contributed by atoms with Gasteiger partial charge in [-0.3, -0.25) is 14.5 Å². The second-order valence-electron chi connectivity index (χ2n) is 5.28. The van der Waals surface area contributed by atoms with Crippen LogP contribution < -0.4 is 5.32 Å². The summed E-state index contributed by atoms with van der Waals surface area (Å²) in [6.07, 6.45) is 1.58. The highest BCUT2D eigenvalue weighted by Gasteiger charge is 2.28. The lowest BCUT2D eigenvalue weighted by Crippen LogP contribution is -2.41. The Morgan fingerprint density at radius 2 is 2.05 bits per heavy atom. The van der Waals surface area contributed by atoms with E-state index in [2.05, 4.69) is 10.2 Å². The van der Waals surface area contributed by atoms with E-state index in [0.29, 0.717) is 11.3 Å². The molecule has 1 saturated heterocycles. The van der Waals surface area contributed by atoms with E-state index in [1.807, 2.05) is 6.07 Å². The summed E-state index contributed by atoms with van der Waals surface area (Å²) < 4.78 is 5.31. The van der Waals surface area contributed by atoms with E-state index in [1.54, 1.807) is 12.1 Å². The number of hydrogen-bond donors (Lipinski definition) is 1. The molecule has 0 spiro atoms. The zero-order valence-corrected chi connectivity index (χ0v) is 12.4. The van der Waals surface area contributed by atoms with Crippen LogP contribution in [0.15, 0.2) is 18.2 Å². The first-order chi connectivity index (χ1) is 10.1. The number of nitrogens with one attached hydrogen (secondary N) is 1. The Morgan fingerprint density at radius 1 is 1.29 bits per heavy atom. The van der Waals surface area contributed by atoms with Gasteiger partial charge in [-0.25, -0.2) is 0 Å². The minimum absolute atomic E-state index is 0.0300. The van der Waals surface area contributed by atoms with Gasteiger partial charge >= 0.3 is 0 Å². The number of aryl methyl sites for hydroxylation is 1. The maximum atomic E-state index is 11.7. The number of morpholine rings is 1. The van der Waals surface area contributed by atoms with Crippen LogP contribution >= 0.6 is 11.6 Å². The molecular formula is C15H17ClN2O3. The number of ketones is 1. The molecule has 0 bridgehead atoms. The van der Waals surface area contributed by atoms with Crippen molar-refractivity contribution in [3.8, 4) is 0 Å². The first kappa shape index (κ1) is 14.5. The third-order valence-corrected chi connectivity index (χ3v) is 4.39. The average molecular weight is 309 g/mol. The number of anilines is 1. The molecule has 2 aliphatic rings. The van der Waals surface area contributed by atoms with Crippen molar-refractivity contribution in [2.24, 2.45) is 0 Å². The molecule has 0 aliphatic carbocycles. The van der Waals surface area contributed by atoms with E-state index >= 15 is 0 Å². The van der Waals surface area contributed by atoms with Crippen molar-refractivity contribution in [2.75, 3.05) is 31.6 Å². The molecule has 0 saturated carbocycles. The van der Waals surface area contributed by atoms with Crippen LogP contribution in [0.2, 0.25) is 0 Å². The molecule has 1 amide bonds. The number of Topliss-reactive ketones (excluding diaryl/α,β-unsaturated/α-hetero) is 1. The van der Waals surface area contributed by atoms with Crippen molar-refractivity contribution in [3.05, 3.63) is 29.3 Å². The van der Waals surface area contributed by atoms with Gasteiger partial charge in [-0.2, -0.15) is 0 Å². The summed E-state index contributed by atoms with van der Waals surface area (Å²) in [5.41, 5.74) is 2.06. The largest absolute Gasteiger partial charge is 0.379 e. The number of carbonyl (C=O) groups is 2. The number of carbonyl (C=O) groups excluding carboxylic acids is 2. The number of rotatable bonds is 4. The van der Waals surface area contributed by atoms with Crippen molar-refractivity contribution in [1.82, 2.24) is 4.90 Å². The van der Waals surface area contributed by atoms with Crippen LogP contribution in [0.25, 0.3) is 0 Å². The van der Waals surface area contributed by atoms with Gasteiger partial charge in [0.25, 0.3) is 11.7 Å². The van der Waals surface area contributed by atoms with E-state index in [4.69, 9.17) is 16.3 Å². The number of nitrogens with zero attached hydrogens (tertiary/aromatic N) is 1. The molecule has 1 atom stereocenters. The van der Waals surface area contributed by atoms with Gasteiger partial charge in [0.05, 0.1) is 30.0 Å². The number of fused-ring (bicyclic) bond motifs is 1. The average Bonchev–Trinajstić information content (AvgIpc) is 2.80. The van der Waals surface area contributed by atoms with Gasteiger partial charge in [-0.15, -0.1) is 11.6 Å². The third kappa shape index (κ3) is 3.10. The first-order valence-corrected chi connectivity index (χ1v) is 7.53. The smallest absolute Gasteiger partial charge is 0.296 e. The Morgan fingerprint density at radius 3 is 2.81 bits per heavy atom. The van der Waals surface area contributed by atoms with Gasteiger partial charge in [0.1, 0.15) is 0 Å². The Balaban J connectivity index is 1.61. The van der Waals surface area contributed by atoms with Crippen LogP contribution in [-0.2, 0) is 16.0 Å². The van der Waals surface area contributed by atoms with Crippen LogP contribution in [0.4, 0.5) is 5.69 Å². The summed E-state index contributed by atoms with van der Waals surface area (Å²) in [6.45, 7) is 3.17. The number of alkyl halides is 1. The molecule has 112 valence electrons. The highest BCUT2D eigenvalue weighted by Crippen LogP contribution is 2.25. The number of halogens is 1. The standard InChI is InChI=1S/C15H17ClN2O3/c16-13(18-5-7-21-8-6-18)4-2-10-1-3-12-11(9-10)14(19)15(20)17-12/h1,3,9,13H,2,4-8H2,(H,17,19,20). The van der Waals surface area contributed by atoms with Gasteiger partial charge < -0.3 is 10.1 Å². The monoisotopic (exact) mass is 308 g/mol. The molecule has 1 unspecified atom stereocenters. The predicted octanol–water partition coefficient (Wildman–Crippen LogP) is 1.65. The normalized spacial score (nSPS) is 20.2. The summed E-state index contributed by atoms with van der Waals surface area (Å²) in [4.78, 5) is 25.2. The zero-order valence-electron chi connectivity index (χ0n) is 11.6. The van der Waals surface area contributed by atoms with Gasteiger partial charge in [-0.1, -0.05) is 6.07 Å². The fourth-order valence-electron chi connectivity index (χ4n) is 2.67. The van der Waals surface area contributed by atoms with Crippen LogP contribution in [-0.4, -0.2) is 48.4 Å². The number of benzene rings is 1. The predicted molar refractivity (Wildman–Crippen MR) is 79.8 cm³/mol. The quantitative estimate of drug-likeness (QED) is 0.522. The lowest BCUT2D eigenvalue weighted by molar-refractivity contribution is -0.112. The Bertz CT molecular complexity index is 570. The maximum absolute atomic E-state index is 11.7. The van der Waals surface area contributed by atoms with E-state index < -0.39 is 11.7 Å². The Kier molecular flexibility index (Phi) is 4.24. The fraction of sp³-hybridized carbons (Fsp3) is 0.467. The summed E-state index contributed by atoms with van der Waals surface area (Å²) in [6, 6.07) is 5.50. The first-order valence-electron chi connectivity index (χ1n) is 7.09. The van der Waals surface area contributed by atoms with Crippen LogP contribution in [0.3, 0.4) is 0 Å². The summed E-state index contributed by atoms with van der Waals surface area (Å²) in [5, 5.41) is 2.55. The van der Waals surface area contributed by atoms with Crippen molar-refractivity contribution in [3.63, 3.8) is 0 Å². The molecule has 5 nitrogen and oxygen atoms in total. The van der Waals surface area contributed by atoms with Crippen molar-refractivity contribution in [1.29, 1.82) is 0 Å². The van der Waals surface area contributed by atoms with Gasteiger partial charge in [0.2, 0.25) is 0 Å². The molecular weight excluding hydrogens is 292 g/mol. The number of ether oxygens (including phenoxy) is 1. The maximum Gasteiger partial charge on any atom is 0.296 e. The number of amides is 1. The molecule has 0 aromatic heterocycles. The highest BCUT2D eigenvalue weighted by atomic mass is 35.5. The van der Waals surface area contributed by atoms with Crippen LogP contribution in [0.5, 0.6) is 0 Å². The molecule has 6 heteroatoms. The van der Waals surface area contributed by atoms with Crippen LogP contribution in [0.1, 0.15) is 22.3 Å². The molecule has 1 aromatic rings. The van der Waals surface area contributed by atoms with Crippen molar-refractivity contribution in [2.45, 2.75) is 18.3 Å². The molecule has 2 aliphatic heterocycles. The SMILES string of the molecule is O=C1Nc2ccc(CCC(Cl)N3CCOCC3)cc2C1=O. The van der Waals surface area contributed by atoms with Gasteiger partial charge in [-0.05, 0) is 30.5 Å². The van der Waals surface area contributed by atoms with E-state index in [9.17, 15) is 9.59 Å². The summed E-state index contributed by atoms with van der Waals surface area (Å²) in [7, 11) is 0. The second-order valence-corrected chi connectivity index (χ2v) is 5.79. The molecule has 1 N–H and O–H groups in total. The Hall–Kier alpha value is -1.43. The molecule has 21 heavy (non-hydrogen) atoms. The van der Waals surface area contributed by atoms with Gasteiger partial charge in [0.15, 0.2) is 0 Å². The summed E-state index contributed by atoms with van der Waals surface area (Å²) >= 11 is 6.42. The zero-order chi connectivity index (χ0) is 14.8. The van der Waals surface area contributed by atoms with E-state index in [1.165, 1.54) is 0 Å². The van der Waals surface area contributed by atoms with E-state index in [0.717, 1.165) is 44.7 Å². The molecule has 0 radical (unpaired) electrons. The Labute approximate surface area is 128 Å². The van der Waals surface area contributed by atoms with Crippen molar-refractivity contribution < 1.29 is 14.3 Å². The van der Waals surface area contributed by atoms with Crippen LogP contribution in [0, 0.1) is 0 Å². The van der Waals surface area contributed by atoms with Crippen molar-refractivity contribution >= 4 is 29.0 Å². The minimum Gasteiger partial charge on any atom is -0.379 e. The highest BCUT2D eigenvalue weighted by molar-refractivity contribution is 6.51. The molecule has 1 fully saturated rings. The minimum atomic E-state index is -0.550. The summed E-state index contributed by atoms with van der Waals surface area (Å²) in [5.74, 6) is -1.01. The molecule has 3 rings (SSSR count). The van der Waals surface area contributed by atoms with Gasteiger partial charge in [0, 0.05) is 13.1 Å². The third-order valence-electron chi connectivity index (χ3n) is 3.90. The lowest BCUT2D eigenvalue weighted by atomic mass is 10.0. The lowest BCUT2D eigenvalue weighted by Gasteiger charge is -2.30. The molecule has 2 heterocycles. The van der Waals surface area contributed by atoms with E-state index in [-0.39, 0.29) is 5.50 Å². The second kappa shape index (κ2) is 6.13. The topological polar surface area (TPSA) is 58.6 Å².